The molecule has 0 fully saturated rings. The van der Waals surface area contributed by atoms with Crippen molar-refractivity contribution in [2.45, 2.75) is 12.7 Å². The quantitative estimate of drug-likeness (QED) is 0.661. The Morgan fingerprint density at radius 2 is 2.12 bits per heavy atom. The number of thioether (sulfide) groups is 1. The molecule has 0 aliphatic carbocycles. The van der Waals surface area contributed by atoms with Gasteiger partial charge in [0.05, 0.1) is 18.6 Å². The van der Waals surface area contributed by atoms with Crippen molar-refractivity contribution in [2.75, 3.05) is 18.2 Å². The summed E-state index contributed by atoms with van der Waals surface area (Å²) in [6, 6.07) is 8.32. The minimum Gasteiger partial charge on any atom is -0.495 e. The van der Waals surface area contributed by atoms with Crippen LogP contribution in [0.25, 0.3) is 0 Å². The Hall–Kier alpha value is -1.24. The first-order chi connectivity index (χ1) is 11.4. The molecule has 0 aliphatic rings. The van der Waals surface area contributed by atoms with Gasteiger partial charge in [0, 0.05) is 21.3 Å². The van der Waals surface area contributed by atoms with Crippen molar-refractivity contribution in [1.29, 1.82) is 0 Å². The van der Waals surface area contributed by atoms with Crippen LogP contribution in [0.15, 0.2) is 34.8 Å². The number of aryl methyl sites for hydroxylation is 1. The summed E-state index contributed by atoms with van der Waals surface area (Å²) in [6.07, 6.45) is 0. The molecule has 2 aromatic rings. The molecule has 0 unspecified atom stereocenters. The molecule has 2 aromatic carbocycles. The van der Waals surface area contributed by atoms with Crippen molar-refractivity contribution >= 4 is 50.9 Å². The molecule has 0 aromatic heterocycles. The highest BCUT2D eigenvalue weighted by Crippen LogP contribution is 2.31. The van der Waals surface area contributed by atoms with Crippen LogP contribution in [0.3, 0.4) is 0 Å². The fourth-order valence-electron chi connectivity index (χ4n) is 2.01. The lowest BCUT2D eigenvalue weighted by Crippen LogP contribution is -2.15. The molecule has 0 bridgehead atoms. The van der Waals surface area contributed by atoms with E-state index in [1.807, 2.05) is 6.92 Å². The first-order valence-electron chi connectivity index (χ1n) is 7.06. The molecule has 0 spiro atoms. The second kappa shape index (κ2) is 8.74. The van der Waals surface area contributed by atoms with Crippen LogP contribution in [0.2, 0.25) is 5.02 Å². The summed E-state index contributed by atoms with van der Waals surface area (Å²) in [7, 11) is 1.52. The SMILES string of the molecule is COc1cc(Cl)c(C)cc1NC(=O)CSCc1ccc(Br)cc1F. The molecular formula is C17H16BrClFNO2S. The number of nitrogens with one attached hydrogen (secondary N) is 1. The number of benzene rings is 2. The van der Waals surface area contributed by atoms with E-state index in [1.54, 1.807) is 24.3 Å². The van der Waals surface area contributed by atoms with Crippen molar-refractivity contribution in [3.63, 3.8) is 0 Å². The summed E-state index contributed by atoms with van der Waals surface area (Å²) >= 11 is 10.6. The lowest BCUT2D eigenvalue weighted by Gasteiger charge is -2.12. The molecule has 0 aliphatic heterocycles. The van der Waals surface area contributed by atoms with Gasteiger partial charge in [-0.2, -0.15) is 0 Å². The van der Waals surface area contributed by atoms with Crippen molar-refractivity contribution in [1.82, 2.24) is 0 Å². The smallest absolute Gasteiger partial charge is 0.234 e. The van der Waals surface area contributed by atoms with Crippen LogP contribution >= 0.6 is 39.3 Å². The van der Waals surface area contributed by atoms with Crippen molar-refractivity contribution < 1.29 is 13.9 Å². The Morgan fingerprint density at radius 1 is 1.38 bits per heavy atom. The number of amides is 1. The van der Waals surface area contributed by atoms with Crippen LogP contribution in [0.5, 0.6) is 5.75 Å². The van der Waals surface area contributed by atoms with Crippen molar-refractivity contribution in [3.8, 4) is 5.75 Å². The molecule has 128 valence electrons. The zero-order chi connectivity index (χ0) is 17.7. The summed E-state index contributed by atoms with van der Waals surface area (Å²) in [5, 5.41) is 3.37. The second-order valence-electron chi connectivity index (χ2n) is 5.08. The summed E-state index contributed by atoms with van der Waals surface area (Å²) in [5.41, 5.74) is 1.98. The van der Waals surface area contributed by atoms with Gasteiger partial charge >= 0.3 is 0 Å². The van der Waals surface area contributed by atoms with Gasteiger partial charge in [-0.05, 0) is 36.2 Å². The molecule has 0 saturated heterocycles. The van der Waals surface area contributed by atoms with Gasteiger partial charge in [0.15, 0.2) is 0 Å². The Labute approximate surface area is 158 Å². The Kier molecular flexibility index (Phi) is 6.95. The van der Waals surface area contributed by atoms with Crippen molar-refractivity contribution in [2.24, 2.45) is 0 Å². The third-order valence-corrected chi connectivity index (χ3v) is 5.14. The molecule has 2 rings (SSSR count). The van der Waals surface area contributed by atoms with E-state index < -0.39 is 0 Å². The van der Waals surface area contributed by atoms with Gasteiger partial charge in [0.25, 0.3) is 0 Å². The average molecular weight is 433 g/mol. The van der Waals surface area contributed by atoms with E-state index in [0.29, 0.717) is 32.2 Å². The maximum atomic E-state index is 13.7. The summed E-state index contributed by atoms with van der Waals surface area (Å²) < 4.78 is 19.6. The first kappa shape index (κ1) is 19.1. The lowest BCUT2D eigenvalue weighted by atomic mass is 10.2. The Morgan fingerprint density at radius 3 is 2.79 bits per heavy atom. The van der Waals surface area contributed by atoms with Crippen LogP contribution in [0, 0.1) is 12.7 Å². The molecule has 0 heterocycles. The third kappa shape index (κ3) is 5.13. The van der Waals surface area contributed by atoms with E-state index in [1.165, 1.54) is 24.9 Å². The highest BCUT2D eigenvalue weighted by molar-refractivity contribution is 9.10. The molecule has 0 radical (unpaired) electrons. The predicted octanol–water partition coefficient (Wildman–Crippen LogP) is 5.43. The van der Waals surface area contributed by atoms with Crippen LogP contribution in [0.1, 0.15) is 11.1 Å². The van der Waals surface area contributed by atoms with E-state index in [-0.39, 0.29) is 17.5 Å². The minimum atomic E-state index is -0.285. The summed E-state index contributed by atoms with van der Waals surface area (Å²) in [4.78, 5) is 12.1. The average Bonchev–Trinajstić information content (AvgIpc) is 2.52. The van der Waals surface area contributed by atoms with E-state index in [9.17, 15) is 9.18 Å². The van der Waals surface area contributed by atoms with Gasteiger partial charge < -0.3 is 10.1 Å². The zero-order valence-corrected chi connectivity index (χ0v) is 16.3. The number of carbonyl (C=O) groups is 1. The molecular weight excluding hydrogens is 417 g/mol. The molecule has 0 saturated carbocycles. The third-order valence-electron chi connectivity index (χ3n) is 3.26. The molecule has 24 heavy (non-hydrogen) atoms. The maximum Gasteiger partial charge on any atom is 0.234 e. The van der Waals surface area contributed by atoms with Crippen LogP contribution < -0.4 is 10.1 Å². The molecule has 3 nitrogen and oxygen atoms in total. The van der Waals surface area contributed by atoms with Gasteiger partial charge in [-0.15, -0.1) is 11.8 Å². The van der Waals surface area contributed by atoms with Crippen LogP contribution in [-0.2, 0) is 10.5 Å². The molecule has 0 atom stereocenters. The first-order valence-corrected chi connectivity index (χ1v) is 9.39. The van der Waals surface area contributed by atoms with Crippen LogP contribution in [-0.4, -0.2) is 18.8 Å². The maximum absolute atomic E-state index is 13.7. The topological polar surface area (TPSA) is 38.3 Å². The minimum absolute atomic E-state index is 0.183. The number of halogens is 3. The number of hydrogen-bond donors (Lipinski definition) is 1. The van der Waals surface area contributed by atoms with Gasteiger partial charge in [0.2, 0.25) is 5.91 Å². The standard InChI is InChI=1S/C17H16BrClFNO2S/c1-10-5-15(16(23-2)7-13(10)19)21-17(22)9-24-8-11-3-4-12(18)6-14(11)20/h3-7H,8-9H2,1-2H3,(H,21,22). The normalized spacial score (nSPS) is 10.5. The summed E-state index contributed by atoms with van der Waals surface area (Å²) in [5.74, 6) is 0.664. The number of ether oxygens (including phenoxy) is 1. The largest absolute Gasteiger partial charge is 0.495 e. The van der Waals surface area contributed by atoms with Crippen LogP contribution in [0.4, 0.5) is 10.1 Å². The molecule has 7 heteroatoms. The fourth-order valence-corrected chi connectivity index (χ4v) is 3.31. The van der Waals surface area contributed by atoms with E-state index in [0.717, 1.165) is 5.56 Å². The van der Waals surface area contributed by atoms with Gasteiger partial charge in [-0.3, -0.25) is 4.79 Å². The highest BCUT2D eigenvalue weighted by atomic mass is 79.9. The second-order valence-corrected chi connectivity index (χ2v) is 7.39. The summed E-state index contributed by atoms with van der Waals surface area (Å²) in [6.45, 7) is 1.85. The number of methoxy groups -OCH3 is 1. The Bertz CT molecular complexity index is 758. The van der Waals surface area contributed by atoms with Gasteiger partial charge in [-0.1, -0.05) is 33.6 Å². The number of anilines is 1. The number of rotatable bonds is 6. The Balaban J connectivity index is 1.93. The molecule has 1 N–H and O–H groups in total. The van der Waals surface area contributed by atoms with Gasteiger partial charge in [-0.25, -0.2) is 4.39 Å². The zero-order valence-electron chi connectivity index (χ0n) is 13.2. The van der Waals surface area contributed by atoms with Gasteiger partial charge in [0.1, 0.15) is 11.6 Å². The highest BCUT2D eigenvalue weighted by Gasteiger charge is 2.11. The van der Waals surface area contributed by atoms with E-state index >= 15 is 0 Å². The molecule has 1 amide bonds. The number of carbonyl (C=O) groups excluding carboxylic acids is 1. The predicted molar refractivity (Wildman–Crippen MR) is 102 cm³/mol. The lowest BCUT2D eigenvalue weighted by molar-refractivity contribution is -0.113. The van der Waals surface area contributed by atoms with Crippen molar-refractivity contribution in [3.05, 3.63) is 56.8 Å². The number of hydrogen-bond acceptors (Lipinski definition) is 3. The van der Waals surface area contributed by atoms with E-state index in [4.69, 9.17) is 16.3 Å². The fraction of sp³-hybridized carbons (Fsp3) is 0.235. The van der Waals surface area contributed by atoms with E-state index in [2.05, 4.69) is 21.2 Å². The monoisotopic (exact) mass is 431 g/mol.